The molecule has 0 saturated carbocycles. The number of benzene rings is 1. The number of aliphatic hydroxyl groups is 1. The normalized spacial score (nSPS) is 12.2. The van der Waals surface area contributed by atoms with Gasteiger partial charge < -0.3 is 14.3 Å². The van der Waals surface area contributed by atoms with E-state index >= 15 is 0 Å². The van der Waals surface area contributed by atoms with Crippen LogP contribution in [0.2, 0.25) is 0 Å². The van der Waals surface area contributed by atoms with E-state index in [1.54, 1.807) is 6.07 Å². The Balaban J connectivity index is 2.29. The summed E-state index contributed by atoms with van der Waals surface area (Å²) in [5, 5.41) is 9.95. The summed E-state index contributed by atoms with van der Waals surface area (Å²) in [6.45, 7) is 0. The minimum absolute atomic E-state index is 0.0390. The van der Waals surface area contributed by atoms with Crippen molar-refractivity contribution in [2.45, 2.75) is 6.10 Å². The zero-order valence-corrected chi connectivity index (χ0v) is 9.59. The van der Waals surface area contributed by atoms with Gasteiger partial charge in [0.05, 0.1) is 7.11 Å². The number of ether oxygens (including phenoxy) is 1. The summed E-state index contributed by atoms with van der Waals surface area (Å²) >= 11 is 0. The molecule has 0 aliphatic rings. The molecular weight excluding hydrogens is 239 g/mol. The number of methoxy groups -OCH3 is 1. The Kier molecular flexibility index (Phi) is 3.43. The SMILES string of the molecule is COC(=O)c1ccc(C(O)c2ccccc2F)o1. The predicted molar refractivity (Wildman–Crippen MR) is 60.5 cm³/mol. The zero-order chi connectivity index (χ0) is 13.1. The summed E-state index contributed by atoms with van der Waals surface area (Å²) < 4.78 is 23.1. The van der Waals surface area contributed by atoms with Crippen LogP contribution in [-0.4, -0.2) is 18.2 Å². The Morgan fingerprint density at radius 2 is 2.06 bits per heavy atom. The van der Waals surface area contributed by atoms with Gasteiger partial charge in [-0.15, -0.1) is 0 Å². The van der Waals surface area contributed by atoms with Crippen molar-refractivity contribution in [2.24, 2.45) is 0 Å². The fraction of sp³-hybridized carbons (Fsp3) is 0.154. The van der Waals surface area contributed by atoms with Gasteiger partial charge >= 0.3 is 5.97 Å². The molecule has 1 unspecified atom stereocenters. The number of hydrogen-bond donors (Lipinski definition) is 1. The van der Waals surface area contributed by atoms with Gasteiger partial charge in [0, 0.05) is 5.56 Å². The maximum absolute atomic E-state index is 13.5. The number of furan rings is 1. The topological polar surface area (TPSA) is 59.7 Å². The second kappa shape index (κ2) is 5.01. The van der Waals surface area contributed by atoms with E-state index in [1.165, 1.54) is 37.4 Å². The van der Waals surface area contributed by atoms with Crippen LogP contribution in [0.1, 0.15) is 28.0 Å². The second-order valence-corrected chi connectivity index (χ2v) is 3.62. The molecule has 18 heavy (non-hydrogen) atoms. The lowest BCUT2D eigenvalue weighted by molar-refractivity contribution is 0.0558. The summed E-state index contributed by atoms with van der Waals surface area (Å²) in [6, 6.07) is 8.58. The van der Waals surface area contributed by atoms with Crippen LogP contribution in [0.15, 0.2) is 40.8 Å². The highest BCUT2D eigenvalue weighted by molar-refractivity contribution is 5.86. The second-order valence-electron chi connectivity index (χ2n) is 3.62. The Bertz CT molecular complexity index is 562. The fourth-order valence-corrected chi connectivity index (χ4v) is 1.56. The first kappa shape index (κ1) is 12.3. The van der Waals surface area contributed by atoms with Gasteiger partial charge in [-0.1, -0.05) is 18.2 Å². The molecule has 1 N–H and O–H groups in total. The average Bonchev–Trinajstić information content (AvgIpc) is 2.87. The van der Waals surface area contributed by atoms with E-state index in [9.17, 15) is 14.3 Å². The number of halogens is 1. The largest absolute Gasteiger partial charge is 0.463 e. The highest BCUT2D eigenvalue weighted by atomic mass is 19.1. The first-order valence-corrected chi connectivity index (χ1v) is 5.24. The molecule has 1 atom stereocenters. The molecule has 0 aliphatic carbocycles. The molecule has 0 fully saturated rings. The third-order valence-corrected chi connectivity index (χ3v) is 2.48. The molecule has 5 heteroatoms. The number of esters is 1. The van der Waals surface area contributed by atoms with Crippen LogP contribution >= 0.6 is 0 Å². The summed E-state index contributed by atoms with van der Waals surface area (Å²) in [7, 11) is 1.22. The Morgan fingerprint density at radius 1 is 1.33 bits per heavy atom. The van der Waals surface area contributed by atoms with Crippen molar-refractivity contribution in [1.29, 1.82) is 0 Å². The van der Waals surface area contributed by atoms with E-state index < -0.39 is 17.9 Å². The molecule has 1 aromatic heterocycles. The number of carbonyl (C=O) groups is 1. The van der Waals surface area contributed by atoms with Crippen LogP contribution in [-0.2, 0) is 4.74 Å². The van der Waals surface area contributed by atoms with Gasteiger partial charge in [-0.2, -0.15) is 0 Å². The molecular formula is C13H11FO4. The maximum Gasteiger partial charge on any atom is 0.373 e. The number of carbonyl (C=O) groups excluding carboxylic acids is 1. The number of hydrogen-bond acceptors (Lipinski definition) is 4. The van der Waals surface area contributed by atoms with Crippen LogP contribution in [0, 0.1) is 5.82 Å². The quantitative estimate of drug-likeness (QED) is 0.849. The standard InChI is InChI=1S/C13H11FO4/c1-17-13(16)11-7-6-10(18-11)12(15)8-4-2-3-5-9(8)14/h2-7,12,15H,1H3. The minimum atomic E-state index is -1.26. The van der Waals surface area contributed by atoms with E-state index in [-0.39, 0.29) is 17.1 Å². The highest BCUT2D eigenvalue weighted by Gasteiger charge is 2.20. The Morgan fingerprint density at radius 3 is 2.72 bits per heavy atom. The van der Waals surface area contributed by atoms with Gasteiger partial charge in [-0.3, -0.25) is 0 Å². The zero-order valence-electron chi connectivity index (χ0n) is 9.59. The first-order chi connectivity index (χ1) is 8.63. The lowest BCUT2D eigenvalue weighted by Crippen LogP contribution is -2.02. The Labute approximate surface area is 103 Å². The smallest absolute Gasteiger partial charge is 0.373 e. The van der Waals surface area contributed by atoms with Crippen LogP contribution in [0.5, 0.6) is 0 Å². The molecule has 94 valence electrons. The number of rotatable bonds is 3. The van der Waals surface area contributed by atoms with Crippen molar-refractivity contribution in [3.05, 3.63) is 59.3 Å². The van der Waals surface area contributed by atoms with Crippen molar-refractivity contribution >= 4 is 5.97 Å². The highest BCUT2D eigenvalue weighted by Crippen LogP contribution is 2.25. The predicted octanol–water partition coefficient (Wildman–Crippen LogP) is 2.29. The molecule has 2 rings (SSSR count). The minimum Gasteiger partial charge on any atom is -0.463 e. The molecule has 2 aromatic rings. The van der Waals surface area contributed by atoms with Crippen molar-refractivity contribution in [3.8, 4) is 0 Å². The van der Waals surface area contributed by atoms with E-state index in [1.807, 2.05) is 0 Å². The lowest BCUT2D eigenvalue weighted by Gasteiger charge is -2.08. The van der Waals surface area contributed by atoms with Gasteiger partial charge in [-0.25, -0.2) is 9.18 Å². The molecule has 0 saturated heterocycles. The average molecular weight is 250 g/mol. The van der Waals surface area contributed by atoms with E-state index in [0.717, 1.165) is 0 Å². The van der Waals surface area contributed by atoms with Crippen LogP contribution in [0.25, 0.3) is 0 Å². The van der Waals surface area contributed by atoms with Crippen molar-refractivity contribution in [3.63, 3.8) is 0 Å². The lowest BCUT2D eigenvalue weighted by atomic mass is 10.1. The molecule has 0 amide bonds. The van der Waals surface area contributed by atoms with Gasteiger partial charge in [0.15, 0.2) is 0 Å². The van der Waals surface area contributed by atoms with Crippen LogP contribution in [0.3, 0.4) is 0 Å². The monoisotopic (exact) mass is 250 g/mol. The van der Waals surface area contributed by atoms with E-state index in [0.29, 0.717) is 0 Å². The van der Waals surface area contributed by atoms with E-state index in [2.05, 4.69) is 4.74 Å². The van der Waals surface area contributed by atoms with Gasteiger partial charge in [0.1, 0.15) is 17.7 Å². The van der Waals surface area contributed by atoms with Crippen molar-refractivity contribution < 1.29 is 23.4 Å². The molecule has 1 aromatic carbocycles. The summed E-state index contributed by atoms with van der Waals surface area (Å²) in [4.78, 5) is 11.2. The summed E-state index contributed by atoms with van der Waals surface area (Å²) in [5.74, 6) is -1.15. The molecule has 0 radical (unpaired) electrons. The third-order valence-electron chi connectivity index (χ3n) is 2.48. The summed E-state index contributed by atoms with van der Waals surface area (Å²) in [5.41, 5.74) is 0.0864. The first-order valence-electron chi connectivity index (χ1n) is 5.24. The van der Waals surface area contributed by atoms with Crippen molar-refractivity contribution in [2.75, 3.05) is 7.11 Å². The van der Waals surface area contributed by atoms with Gasteiger partial charge in [0.25, 0.3) is 0 Å². The fourth-order valence-electron chi connectivity index (χ4n) is 1.56. The molecule has 4 nitrogen and oxygen atoms in total. The van der Waals surface area contributed by atoms with Gasteiger partial charge in [-0.05, 0) is 18.2 Å². The van der Waals surface area contributed by atoms with E-state index in [4.69, 9.17) is 4.42 Å². The van der Waals surface area contributed by atoms with Crippen molar-refractivity contribution in [1.82, 2.24) is 0 Å². The molecule has 0 bridgehead atoms. The Hall–Kier alpha value is -2.14. The molecule has 1 heterocycles. The third kappa shape index (κ3) is 2.26. The van der Waals surface area contributed by atoms with Crippen LogP contribution < -0.4 is 0 Å². The summed E-state index contributed by atoms with van der Waals surface area (Å²) in [6.07, 6.45) is -1.26. The molecule has 0 aliphatic heterocycles. The molecule has 0 spiro atoms. The van der Waals surface area contributed by atoms with Crippen LogP contribution in [0.4, 0.5) is 4.39 Å². The maximum atomic E-state index is 13.5. The number of aliphatic hydroxyl groups excluding tert-OH is 1. The van der Waals surface area contributed by atoms with Gasteiger partial charge in [0.2, 0.25) is 5.76 Å².